The number of halogens is 7. The van der Waals surface area contributed by atoms with Gasteiger partial charge in [0.2, 0.25) is 0 Å². The maximum Gasteiger partial charge on any atom is 0.416 e. The molecule has 11 heteroatoms. The van der Waals surface area contributed by atoms with Gasteiger partial charge in [-0.15, -0.1) is 0 Å². The number of urea groups is 1. The van der Waals surface area contributed by atoms with E-state index in [1.54, 1.807) is 0 Å². The van der Waals surface area contributed by atoms with Crippen LogP contribution in [0.3, 0.4) is 0 Å². The molecule has 0 radical (unpaired) electrons. The van der Waals surface area contributed by atoms with Crippen molar-refractivity contribution in [2.24, 2.45) is 0 Å². The molecule has 3 rings (SSSR count). The number of likely N-dealkylation sites (N-methyl/N-ethyl adjacent to an activating group) is 1. The lowest BCUT2D eigenvalue weighted by molar-refractivity contribution is -0.143. The number of carbonyl (C=O) groups is 1. The lowest BCUT2D eigenvalue weighted by atomic mass is 9.91. The minimum Gasteiger partial charge on any atom is -0.371 e. The van der Waals surface area contributed by atoms with Crippen molar-refractivity contribution in [2.75, 3.05) is 20.2 Å². The second-order valence-corrected chi connectivity index (χ2v) is 7.67. The summed E-state index contributed by atoms with van der Waals surface area (Å²) in [5.41, 5.74) is -3.90. The first-order chi connectivity index (χ1) is 14.7. The Balaban J connectivity index is 1.91. The summed E-state index contributed by atoms with van der Waals surface area (Å²) < 4.78 is 97.8. The third-order valence-electron chi connectivity index (χ3n) is 5.26. The first-order valence-corrected chi connectivity index (χ1v) is 9.41. The smallest absolute Gasteiger partial charge is 0.371 e. The molecule has 1 heterocycles. The Hall–Kier alpha value is -2.82. The summed E-state index contributed by atoms with van der Waals surface area (Å²) in [6.45, 7) is 1.14. The summed E-state index contributed by atoms with van der Waals surface area (Å²) in [5.74, 6) is -0.514. The largest absolute Gasteiger partial charge is 0.416 e. The molecule has 2 aromatic carbocycles. The molecule has 2 amide bonds. The van der Waals surface area contributed by atoms with E-state index in [1.165, 1.54) is 43.1 Å². The number of nitrogens with one attached hydrogen (secondary N) is 1. The fourth-order valence-electron chi connectivity index (χ4n) is 3.49. The summed E-state index contributed by atoms with van der Waals surface area (Å²) in [4.78, 5) is 13.4. The third-order valence-corrected chi connectivity index (χ3v) is 5.26. The van der Waals surface area contributed by atoms with Crippen LogP contribution in [0.5, 0.6) is 0 Å². The molecule has 1 N–H and O–H groups in total. The monoisotopic (exact) mass is 464 g/mol. The molecular formula is C21H19F7N2O2. The summed E-state index contributed by atoms with van der Waals surface area (Å²) >= 11 is 0. The third kappa shape index (κ3) is 4.98. The van der Waals surface area contributed by atoms with E-state index in [9.17, 15) is 35.5 Å². The molecule has 174 valence electrons. The highest BCUT2D eigenvalue weighted by atomic mass is 19.4. The Kier molecular flexibility index (Phi) is 6.16. The number of benzene rings is 2. The predicted molar refractivity (Wildman–Crippen MR) is 100 cm³/mol. The maximum absolute atomic E-state index is 13.3. The van der Waals surface area contributed by atoms with Crippen LogP contribution in [0.25, 0.3) is 0 Å². The van der Waals surface area contributed by atoms with Gasteiger partial charge in [0.1, 0.15) is 11.4 Å². The molecule has 0 aliphatic carbocycles. The summed E-state index contributed by atoms with van der Waals surface area (Å²) in [7, 11) is 1.51. The van der Waals surface area contributed by atoms with Crippen LogP contribution in [0.4, 0.5) is 35.5 Å². The molecule has 1 aliphatic heterocycles. The predicted octanol–water partition coefficient (Wildman–Crippen LogP) is 5.49. The summed E-state index contributed by atoms with van der Waals surface area (Å²) in [5, 5.41) is 2.71. The highest BCUT2D eigenvalue weighted by Crippen LogP contribution is 2.38. The van der Waals surface area contributed by atoms with E-state index in [-0.39, 0.29) is 24.8 Å². The SMILES string of the molecule is CC(OCC1(c2ccc(F)cc2)CN(C)C(=O)N1)c1cc(C(F)(F)F)cc(C(F)(F)F)c1. The van der Waals surface area contributed by atoms with Gasteiger partial charge >= 0.3 is 18.4 Å². The first kappa shape index (κ1) is 23.8. The Morgan fingerprint density at radius 2 is 1.56 bits per heavy atom. The molecule has 0 spiro atoms. The van der Waals surface area contributed by atoms with Crippen molar-refractivity contribution in [3.05, 3.63) is 70.5 Å². The van der Waals surface area contributed by atoms with Gasteiger partial charge in [-0.25, -0.2) is 9.18 Å². The number of rotatable bonds is 5. The summed E-state index contributed by atoms with van der Waals surface area (Å²) in [6, 6.07) is 5.99. The van der Waals surface area contributed by atoms with Gasteiger partial charge in [-0.3, -0.25) is 0 Å². The van der Waals surface area contributed by atoms with Crippen molar-refractivity contribution in [3.63, 3.8) is 0 Å². The molecule has 0 aromatic heterocycles. The second kappa shape index (κ2) is 8.27. The number of amides is 2. The maximum atomic E-state index is 13.3. The zero-order valence-electron chi connectivity index (χ0n) is 16.9. The zero-order valence-corrected chi connectivity index (χ0v) is 16.9. The van der Waals surface area contributed by atoms with Crippen LogP contribution in [0.2, 0.25) is 0 Å². The van der Waals surface area contributed by atoms with Gasteiger partial charge in [-0.1, -0.05) is 12.1 Å². The van der Waals surface area contributed by atoms with Crippen molar-refractivity contribution in [1.82, 2.24) is 10.2 Å². The molecule has 1 aliphatic rings. The summed E-state index contributed by atoms with van der Waals surface area (Å²) in [6.07, 6.45) is -11.1. The number of hydrogen-bond acceptors (Lipinski definition) is 2. The van der Waals surface area contributed by atoms with E-state index in [0.29, 0.717) is 17.7 Å². The standard InChI is InChI=1S/C21H19F7N2O2/c1-12(13-7-15(20(23,24)25)9-16(8-13)21(26,27)28)32-11-19(10-30(2)18(31)29-19)14-3-5-17(22)6-4-14/h3-9,12H,10-11H2,1-2H3,(H,29,31). The van der Waals surface area contributed by atoms with Crippen LogP contribution in [-0.2, 0) is 22.6 Å². The van der Waals surface area contributed by atoms with Gasteiger partial charge < -0.3 is 15.0 Å². The van der Waals surface area contributed by atoms with Gasteiger partial charge in [0.25, 0.3) is 0 Å². The van der Waals surface area contributed by atoms with E-state index in [4.69, 9.17) is 4.74 Å². The van der Waals surface area contributed by atoms with Gasteiger partial charge in [0.15, 0.2) is 0 Å². The minimum atomic E-state index is -4.98. The topological polar surface area (TPSA) is 41.6 Å². The normalized spacial score (nSPS) is 20.4. The number of alkyl halides is 6. The average molecular weight is 464 g/mol. The molecule has 2 unspecified atom stereocenters. The molecule has 1 saturated heterocycles. The van der Waals surface area contributed by atoms with E-state index >= 15 is 0 Å². The lowest BCUT2D eigenvalue weighted by Crippen LogP contribution is -2.45. The Morgan fingerprint density at radius 3 is 2.00 bits per heavy atom. The van der Waals surface area contributed by atoms with Crippen LogP contribution >= 0.6 is 0 Å². The second-order valence-electron chi connectivity index (χ2n) is 7.67. The van der Waals surface area contributed by atoms with E-state index < -0.39 is 47.0 Å². The molecule has 32 heavy (non-hydrogen) atoms. The highest BCUT2D eigenvalue weighted by Gasteiger charge is 2.43. The number of hydrogen-bond donors (Lipinski definition) is 1. The van der Waals surface area contributed by atoms with Crippen LogP contribution in [-0.4, -0.2) is 31.1 Å². The number of ether oxygens (including phenoxy) is 1. The van der Waals surface area contributed by atoms with Gasteiger partial charge in [-0.2, -0.15) is 26.3 Å². The molecule has 1 fully saturated rings. The molecule has 0 bridgehead atoms. The van der Waals surface area contributed by atoms with Gasteiger partial charge in [0, 0.05) is 7.05 Å². The van der Waals surface area contributed by atoms with Gasteiger partial charge in [-0.05, 0) is 48.4 Å². The van der Waals surface area contributed by atoms with Crippen molar-refractivity contribution in [2.45, 2.75) is 30.9 Å². The first-order valence-electron chi connectivity index (χ1n) is 9.41. The van der Waals surface area contributed by atoms with Crippen LogP contribution in [0.1, 0.15) is 35.3 Å². The fraction of sp³-hybridized carbons (Fsp3) is 0.381. The lowest BCUT2D eigenvalue weighted by Gasteiger charge is -2.30. The Labute approximate surface area is 179 Å². The van der Waals surface area contributed by atoms with Crippen molar-refractivity contribution < 1.29 is 40.3 Å². The zero-order chi connectivity index (χ0) is 23.9. The number of carbonyl (C=O) groups excluding carboxylic acids is 1. The van der Waals surface area contributed by atoms with E-state index in [0.717, 1.165) is 0 Å². The minimum absolute atomic E-state index is 0.0440. The molecule has 4 nitrogen and oxygen atoms in total. The Morgan fingerprint density at radius 1 is 1.03 bits per heavy atom. The van der Waals surface area contributed by atoms with E-state index in [2.05, 4.69) is 5.32 Å². The quantitative estimate of drug-likeness (QED) is 0.595. The molecule has 2 atom stereocenters. The van der Waals surface area contributed by atoms with Gasteiger partial charge in [0.05, 0.1) is 30.4 Å². The van der Waals surface area contributed by atoms with Crippen molar-refractivity contribution in [3.8, 4) is 0 Å². The van der Waals surface area contributed by atoms with Crippen molar-refractivity contribution in [1.29, 1.82) is 0 Å². The van der Waals surface area contributed by atoms with Crippen LogP contribution in [0, 0.1) is 5.82 Å². The molecular weight excluding hydrogens is 445 g/mol. The molecule has 0 saturated carbocycles. The highest BCUT2D eigenvalue weighted by molar-refractivity contribution is 5.78. The fourth-order valence-corrected chi connectivity index (χ4v) is 3.49. The van der Waals surface area contributed by atoms with E-state index in [1.807, 2.05) is 0 Å². The average Bonchev–Trinajstić information content (AvgIpc) is 2.99. The van der Waals surface area contributed by atoms with Crippen LogP contribution < -0.4 is 5.32 Å². The number of nitrogens with zero attached hydrogens (tertiary/aromatic N) is 1. The van der Waals surface area contributed by atoms with Crippen molar-refractivity contribution >= 4 is 6.03 Å². The molecule has 2 aromatic rings. The van der Waals surface area contributed by atoms with Crippen LogP contribution in [0.15, 0.2) is 42.5 Å². The Bertz CT molecular complexity index is 957.